The summed E-state index contributed by atoms with van der Waals surface area (Å²) in [5.41, 5.74) is 1.66. The molecule has 0 spiro atoms. The van der Waals surface area contributed by atoms with Crippen molar-refractivity contribution in [2.75, 3.05) is 12.4 Å². The van der Waals surface area contributed by atoms with E-state index in [-0.39, 0.29) is 12.4 Å². The number of nitrogens with one attached hydrogen (secondary N) is 3. The van der Waals surface area contributed by atoms with Crippen molar-refractivity contribution in [3.8, 4) is 0 Å². The lowest BCUT2D eigenvalue weighted by Crippen LogP contribution is -2.34. The lowest BCUT2D eigenvalue weighted by molar-refractivity contribution is -0.128. The maximum absolute atomic E-state index is 11.8. The number of hydrogen-bond donors (Lipinski definition) is 3. The van der Waals surface area contributed by atoms with Crippen LogP contribution in [-0.2, 0) is 21.0 Å². The zero-order valence-electron chi connectivity index (χ0n) is 12.9. The Kier molecular flexibility index (Phi) is 8.10. The van der Waals surface area contributed by atoms with Crippen LogP contribution in [-0.4, -0.2) is 25.4 Å². The number of nitrogens with zero attached hydrogens (tertiary/aromatic N) is 1. The Morgan fingerprint density at radius 1 is 1.36 bits per heavy atom. The zero-order valence-corrected chi connectivity index (χ0v) is 12.9. The number of oxime groups is 1. The number of para-hydroxylation sites is 1. The fraction of sp³-hybridized carbons (Fsp3) is 0.400. The third-order valence-electron chi connectivity index (χ3n) is 2.92. The summed E-state index contributed by atoms with van der Waals surface area (Å²) in [6, 6.07) is 7.49. The maximum atomic E-state index is 11.8. The molecule has 0 fully saturated rings. The summed E-state index contributed by atoms with van der Waals surface area (Å²) in [6.07, 6.45) is 2.36. The van der Waals surface area contributed by atoms with Crippen molar-refractivity contribution in [2.45, 2.75) is 32.7 Å². The molecule has 0 saturated carbocycles. The van der Waals surface area contributed by atoms with E-state index in [2.05, 4.69) is 25.9 Å². The van der Waals surface area contributed by atoms with Gasteiger partial charge in [0, 0.05) is 25.7 Å². The largest absolute Gasteiger partial charge is 0.357 e. The number of anilines is 1. The van der Waals surface area contributed by atoms with E-state index in [1.54, 1.807) is 7.05 Å². The summed E-state index contributed by atoms with van der Waals surface area (Å²) in [7, 11) is 1.65. The predicted molar refractivity (Wildman–Crippen MR) is 85.1 cm³/mol. The number of carbonyl (C=O) groups is 2. The van der Waals surface area contributed by atoms with Gasteiger partial charge in [0.2, 0.25) is 11.9 Å². The maximum Gasteiger partial charge on any atom is 0.323 e. The lowest BCUT2D eigenvalue weighted by Gasteiger charge is -2.13. The highest BCUT2D eigenvalue weighted by Crippen LogP contribution is 2.15. The van der Waals surface area contributed by atoms with Crippen molar-refractivity contribution in [2.24, 2.45) is 5.16 Å². The Morgan fingerprint density at radius 2 is 2.14 bits per heavy atom. The number of rotatable bonds is 8. The van der Waals surface area contributed by atoms with Crippen molar-refractivity contribution in [3.05, 3.63) is 29.8 Å². The van der Waals surface area contributed by atoms with Gasteiger partial charge in [0.1, 0.15) is 0 Å². The number of carbonyl (C=O) groups excluding carboxylic acids is 2. The minimum Gasteiger partial charge on any atom is -0.357 e. The molecular weight excluding hydrogens is 284 g/mol. The third kappa shape index (κ3) is 6.25. The van der Waals surface area contributed by atoms with Gasteiger partial charge in [-0.1, -0.05) is 31.5 Å². The van der Waals surface area contributed by atoms with E-state index in [0.717, 1.165) is 24.1 Å². The summed E-state index contributed by atoms with van der Waals surface area (Å²) in [5, 5.41) is 12.2. The highest BCUT2D eigenvalue weighted by Gasteiger charge is 2.07. The third-order valence-corrected chi connectivity index (χ3v) is 2.92. The van der Waals surface area contributed by atoms with Gasteiger partial charge in [0.05, 0.1) is 0 Å². The van der Waals surface area contributed by atoms with Gasteiger partial charge in [0.15, 0.2) is 0 Å². The zero-order chi connectivity index (χ0) is 16.2. The first-order valence-corrected chi connectivity index (χ1v) is 7.18. The Labute approximate surface area is 130 Å². The quantitative estimate of drug-likeness (QED) is 0.223. The molecule has 7 heteroatoms. The van der Waals surface area contributed by atoms with Crippen LogP contribution in [0.3, 0.4) is 0 Å². The monoisotopic (exact) mass is 306 g/mol. The van der Waals surface area contributed by atoms with Crippen LogP contribution in [0.5, 0.6) is 0 Å². The summed E-state index contributed by atoms with van der Waals surface area (Å²) >= 11 is 0. The standard InChI is InChI=1S/C15H22N4O3/c1-3-4-9-14(21)18-13-8-6-5-7-12(13)10-17-15(16-2)19-22-11-20/h5-8,11H,3-4,9-10H2,1-2H3,(H,18,21)(H2,16,17,19). The molecule has 0 aromatic heterocycles. The SMILES string of the molecule is CCCCC(=O)Nc1ccccc1CN/C(=N/OC=O)NC. The van der Waals surface area contributed by atoms with E-state index in [1.807, 2.05) is 31.2 Å². The van der Waals surface area contributed by atoms with Gasteiger partial charge >= 0.3 is 6.47 Å². The molecule has 1 rings (SSSR count). The molecule has 1 aromatic rings. The number of hydrogen-bond acceptors (Lipinski definition) is 4. The van der Waals surface area contributed by atoms with Crippen LogP contribution in [0.25, 0.3) is 0 Å². The van der Waals surface area contributed by atoms with Crippen LogP contribution >= 0.6 is 0 Å². The molecule has 0 atom stereocenters. The molecule has 1 aromatic carbocycles. The molecule has 22 heavy (non-hydrogen) atoms. The molecule has 0 saturated heterocycles. The van der Waals surface area contributed by atoms with E-state index in [9.17, 15) is 9.59 Å². The first kappa shape index (κ1) is 17.5. The van der Waals surface area contributed by atoms with Crippen molar-refractivity contribution in [1.29, 1.82) is 0 Å². The van der Waals surface area contributed by atoms with Crippen molar-refractivity contribution < 1.29 is 14.4 Å². The summed E-state index contributed by atoms with van der Waals surface area (Å²) in [6.45, 7) is 2.71. The van der Waals surface area contributed by atoms with Crippen molar-refractivity contribution >= 4 is 24.0 Å². The van der Waals surface area contributed by atoms with Crippen LogP contribution < -0.4 is 16.0 Å². The molecule has 120 valence electrons. The first-order valence-electron chi connectivity index (χ1n) is 7.18. The second-order valence-electron chi connectivity index (χ2n) is 4.55. The summed E-state index contributed by atoms with van der Waals surface area (Å²) in [4.78, 5) is 26.3. The second-order valence-corrected chi connectivity index (χ2v) is 4.55. The van der Waals surface area contributed by atoms with E-state index in [4.69, 9.17) is 0 Å². The van der Waals surface area contributed by atoms with Gasteiger partial charge < -0.3 is 20.8 Å². The molecule has 0 radical (unpaired) electrons. The fourth-order valence-corrected chi connectivity index (χ4v) is 1.77. The van der Waals surface area contributed by atoms with Crippen LogP contribution in [0, 0.1) is 0 Å². The van der Waals surface area contributed by atoms with Gasteiger partial charge in [-0.25, -0.2) is 0 Å². The highest BCUT2D eigenvalue weighted by atomic mass is 16.7. The van der Waals surface area contributed by atoms with E-state index < -0.39 is 0 Å². The number of amides is 1. The molecule has 0 aliphatic carbocycles. The molecule has 0 heterocycles. The van der Waals surface area contributed by atoms with Gasteiger partial charge in [-0.05, 0) is 23.2 Å². The molecule has 0 bridgehead atoms. The molecule has 0 aliphatic rings. The van der Waals surface area contributed by atoms with E-state index in [0.29, 0.717) is 18.9 Å². The molecule has 1 amide bonds. The Hall–Kier alpha value is -2.57. The van der Waals surface area contributed by atoms with Crippen LogP contribution in [0.15, 0.2) is 29.4 Å². The Morgan fingerprint density at radius 3 is 2.82 bits per heavy atom. The molecule has 0 aliphatic heterocycles. The Bertz CT molecular complexity index is 517. The van der Waals surface area contributed by atoms with Gasteiger partial charge in [-0.2, -0.15) is 0 Å². The minimum atomic E-state index is 0.00101. The molecular formula is C15H22N4O3. The van der Waals surface area contributed by atoms with E-state index in [1.165, 1.54) is 0 Å². The molecule has 7 nitrogen and oxygen atoms in total. The smallest absolute Gasteiger partial charge is 0.323 e. The summed E-state index contributed by atoms with van der Waals surface area (Å²) < 4.78 is 0. The predicted octanol–water partition coefficient (Wildman–Crippen LogP) is 1.57. The van der Waals surface area contributed by atoms with Crippen LogP contribution in [0.1, 0.15) is 31.7 Å². The average molecular weight is 306 g/mol. The fourth-order valence-electron chi connectivity index (χ4n) is 1.77. The van der Waals surface area contributed by atoms with Crippen molar-refractivity contribution in [1.82, 2.24) is 10.6 Å². The van der Waals surface area contributed by atoms with Gasteiger partial charge in [-0.3, -0.25) is 9.59 Å². The minimum absolute atomic E-state index is 0.00101. The van der Waals surface area contributed by atoms with Crippen LogP contribution in [0.2, 0.25) is 0 Å². The summed E-state index contributed by atoms with van der Waals surface area (Å²) in [5.74, 6) is 0.320. The second kappa shape index (κ2) is 10.2. The molecule has 0 unspecified atom stereocenters. The van der Waals surface area contributed by atoms with Gasteiger partial charge in [-0.15, -0.1) is 0 Å². The van der Waals surface area contributed by atoms with Gasteiger partial charge in [0.25, 0.3) is 0 Å². The van der Waals surface area contributed by atoms with E-state index >= 15 is 0 Å². The molecule has 3 N–H and O–H groups in total. The topological polar surface area (TPSA) is 91.8 Å². The average Bonchev–Trinajstić information content (AvgIpc) is 2.54. The normalized spacial score (nSPS) is 10.7. The number of unbranched alkanes of at least 4 members (excludes halogenated alkanes) is 1. The number of guanidine groups is 1. The van der Waals surface area contributed by atoms with Crippen LogP contribution in [0.4, 0.5) is 5.69 Å². The Balaban J connectivity index is 2.67. The van der Waals surface area contributed by atoms with Crippen molar-refractivity contribution in [3.63, 3.8) is 0 Å². The first-order chi connectivity index (χ1) is 10.7. The number of benzene rings is 1. The highest BCUT2D eigenvalue weighted by molar-refractivity contribution is 5.91. The lowest BCUT2D eigenvalue weighted by atomic mass is 10.1.